The van der Waals surface area contributed by atoms with Crippen molar-refractivity contribution in [1.82, 2.24) is 19.7 Å². The van der Waals surface area contributed by atoms with E-state index < -0.39 is 16.0 Å². The first-order valence-electron chi connectivity index (χ1n) is 9.85. The summed E-state index contributed by atoms with van der Waals surface area (Å²) in [7, 11) is -1.07. The minimum Gasteiger partial charge on any atom is -0.497 e. The zero-order chi connectivity index (χ0) is 23.8. The second-order valence-electron chi connectivity index (χ2n) is 7.28. The van der Waals surface area contributed by atoms with Crippen LogP contribution in [0.15, 0.2) is 59.9 Å². The molecule has 0 fully saturated rings. The summed E-state index contributed by atoms with van der Waals surface area (Å²) in [4.78, 5) is 20.4. The smallest absolute Gasteiger partial charge is 0.339 e. The predicted molar refractivity (Wildman–Crippen MR) is 121 cm³/mol. The van der Waals surface area contributed by atoms with Gasteiger partial charge in [-0.3, -0.25) is 14.0 Å². The number of hydrogen-bond donors (Lipinski definition) is 1. The van der Waals surface area contributed by atoms with Crippen LogP contribution in [0.3, 0.4) is 0 Å². The Hall–Kier alpha value is -3.99. The molecule has 3 aromatic heterocycles. The molecular formula is C22H21N5O5S. The van der Waals surface area contributed by atoms with Gasteiger partial charge in [-0.25, -0.2) is 18.2 Å². The van der Waals surface area contributed by atoms with E-state index in [9.17, 15) is 18.3 Å². The summed E-state index contributed by atoms with van der Waals surface area (Å²) in [6.45, 7) is 1.54. The number of pyridine rings is 2. The summed E-state index contributed by atoms with van der Waals surface area (Å²) >= 11 is 0. The third kappa shape index (κ3) is 3.98. The Morgan fingerprint density at radius 2 is 1.91 bits per heavy atom. The van der Waals surface area contributed by atoms with Crippen LogP contribution in [0.4, 0.5) is 5.69 Å². The van der Waals surface area contributed by atoms with E-state index in [0.29, 0.717) is 28.0 Å². The van der Waals surface area contributed by atoms with Crippen LogP contribution in [-0.4, -0.2) is 46.4 Å². The maximum Gasteiger partial charge on any atom is 0.339 e. The van der Waals surface area contributed by atoms with E-state index in [0.717, 1.165) is 10.5 Å². The van der Waals surface area contributed by atoms with Crippen molar-refractivity contribution in [3.63, 3.8) is 0 Å². The number of carboxylic acids is 1. The molecule has 10 nitrogen and oxygen atoms in total. The van der Waals surface area contributed by atoms with Crippen molar-refractivity contribution < 1.29 is 23.1 Å². The highest BCUT2D eigenvalue weighted by Gasteiger charge is 2.32. The van der Waals surface area contributed by atoms with Gasteiger partial charge >= 0.3 is 5.97 Å². The topological polar surface area (TPSA) is 128 Å². The Morgan fingerprint density at radius 1 is 1.18 bits per heavy atom. The lowest BCUT2D eigenvalue weighted by Crippen LogP contribution is -2.32. The molecule has 0 saturated carbocycles. The number of carbonyl (C=O) groups is 1. The molecule has 0 bridgehead atoms. The number of nitrogens with zero attached hydrogens (tertiary/aromatic N) is 5. The number of aryl methyl sites for hydroxylation is 2. The van der Waals surface area contributed by atoms with Crippen molar-refractivity contribution in [3.8, 4) is 5.75 Å². The molecule has 1 N–H and O–H groups in total. The van der Waals surface area contributed by atoms with Gasteiger partial charge in [-0.2, -0.15) is 5.10 Å². The van der Waals surface area contributed by atoms with E-state index in [1.165, 1.54) is 42.3 Å². The van der Waals surface area contributed by atoms with Gasteiger partial charge in [0.05, 0.1) is 35.3 Å². The molecule has 11 heteroatoms. The molecule has 3 heterocycles. The first kappa shape index (κ1) is 22.2. The number of fused-ring (bicyclic) bond motifs is 1. The molecule has 0 aliphatic carbocycles. The number of hydrogen-bond acceptors (Lipinski definition) is 7. The first-order chi connectivity index (χ1) is 15.7. The normalized spacial score (nSPS) is 11.5. The lowest BCUT2D eigenvalue weighted by molar-refractivity contribution is 0.0697. The Morgan fingerprint density at radius 3 is 2.52 bits per heavy atom. The number of sulfonamides is 1. The van der Waals surface area contributed by atoms with Gasteiger partial charge in [-0.1, -0.05) is 6.07 Å². The van der Waals surface area contributed by atoms with E-state index in [1.54, 1.807) is 32.3 Å². The Kier molecular flexibility index (Phi) is 5.73. The number of carboxylic acid groups (broad SMARTS) is 1. The van der Waals surface area contributed by atoms with Crippen LogP contribution in [0.2, 0.25) is 0 Å². The van der Waals surface area contributed by atoms with Gasteiger partial charge < -0.3 is 9.84 Å². The highest BCUT2D eigenvalue weighted by Crippen LogP contribution is 2.36. The Bertz CT molecular complexity index is 1430. The van der Waals surface area contributed by atoms with Gasteiger partial charge in [-0.15, -0.1) is 0 Å². The number of aromatic carboxylic acids is 1. The maximum atomic E-state index is 13.9. The van der Waals surface area contributed by atoms with Gasteiger partial charge in [0, 0.05) is 25.6 Å². The molecular weight excluding hydrogens is 446 g/mol. The van der Waals surface area contributed by atoms with Gasteiger partial charge in [0.15, 0.2) is 5.65 Å². The van der Waals surface area contributed by atoms with Crippen LogP contribution in [0, 0.1) is 6.92 Å². The van der Waals surface area contributed by atoms with Crippen molar-refractivity contribution in [2.24, 2.45) is 7.05 Å². The SMILES string of the molecule is COc1ccc(S(=O)(=O)N(Cc2cccnc2)c2c(C(=O)O)cnc3c2c(C)nn3C)cc1. The van der Waals surface area contributed by atoms with E-state index in [4.69, 9.17) is 4.74 Å². The second-order valence-corrected chi connectivity index (χ2v) is 9.14. The fraction of sp³-hybridized carbons (Fsp3) is 0.182. The molecule has 0 spiro atoms. The van der Waals surface area contributed by atoms with Crippen molar-refractivity contribution in [2.75, 3.05) is 11.4 Å². The first-order valence-corrected chi connectivity index (χ1v) is 11.3. The van der Waals surface area contributed by atoms with Crippen LogP contribution in [0.5, 0.6) is 5.75 Å². The predicted octanol–water partition coefficient (Wildman–Crippen LogP) is 2.77. The lowest BCUT2D eigenvalue weighted by Gasteiger charge is -2.26. The summed E-state index contributed by atoms with van der Waals surface area (Å²) in [5.41, 5.74) is 1.16. The summed E-state index contributed by atoms with van der Waals surface area (Å²) in [6, 6.07) is 9.30. The van der Waals surface area contributed by atoms with Crippen molar-refractivity contribution in [1.29, 1.82) is 0 Å². The van der Waals surface area contributed by atoms with E-state index in [1.807, 2.05) is 0 Å². The average Bonchev–Trinajstić information content (AvgIpc) is 3.11. The van der Waals surface area contributed by atoms with Gasteiger partial charge in [0.25, 0.3) is 10.0 Å². The Labute approximate surface area is 190 Å². The molecule has 0 radical (unpaired) electrons. The van der Waals surface area contributed by atoms with Gasteiger partial charge in [0.2, 0.25) is 0 Å². The van der Waals surface area contributed by atoms with Crippen LogP contribution < -0.4 is 9.04 Å². The highest BCUT2D eigenvalue weighted by atomic mass is 32.2. The largest absolute Gasteiger partial charge is 0.497 e. The third-order valence-corrected chi connectivity index (χ3v) is 6.94. The fourth-order valence-corrected chi connectivity index (χ4v) is 5.11. The molecule has 0 saturated heterocycles. The van der Waals surface area contributed by atoms with Crippen LogP contribution >= 0.6 is 0 Å². The quantitative estimate of drug-likeness (QED) is 0.439. The number of methoxy groups -OCH3 is 1. The highest BCUT2D eigenvalue weighted by molar-refractivity contribution is 7.92. The second kappa shape index (κ2) is 8.51. The standard InChI is InChI=1S/C22H21N5O5S/c1-14-19-20(18(22(28)29)12-24-21(19)26(2)25-14)27(13-15-5-4-10-23-11-15)33(30,31)17-8-6-16(32-3)7-9-17/h4-12H,13H2,1-3H3,(H,28,29). The van der Waals surface area contributed by atoms with Crippen molar-refractivity contribution in [2.45, 2.75) is 18.4 Å². The number of rotatable bonds is 7. The van der Waals surface area contributed by atoms with Gasteiger partial charge in [0.1, 0.15) is 11.3 Å². The summed E-state index contributed by atoms with van der Waals surface area (Å²) in [5.74, 6) is -0.808. The molecule has 170 valence electrons. The number of aromatic nitrogens is 4. The molecule has 0 unspecified atom stereocenters. The van der Waals surface area contributed by atoms with E-state index in [-0.39, 0.29) is 22.7 Å². The number of ether oxygens (including phenoxy) is 1. The zero-order valence-electron chi connectivity index (χ0n) is 18.1. The summed E-state index contributed by atoms with van der Waals surface area (Å²) in [6.07, 6.45) is 4.26. The van der Waals surface area contributed by atoms with E-state index in [2.05, 4.69) is 15.1 Å². The van der Waals surface area contributed by atoms with Crippen LogP contribution in [-0.2, 0) is 23.6 Å². The molecule has 0 aliphatic rings. The van der Waals surface area contributed by atoms with Crippen LogP contribution in [0.1, 0.15) is 21.6 Å². The van der Waals surface area contributed by atoms with Crippen molar-refractivity contribution >= 4 is 32.7 Å². The molecule has 1 aromatic carbocycles. The zero-order valence-corrected chi connectivity index (χ0v) is 18.9. The molecule has 33 heavy (non-hydrogen) atoms. The lowest BCUT2D eigenvalue weighted by atomic mass is 10.1. The van der Waals surface area contributed by atoms with Crippen molar-refractivity contribution in [3.05, 3.63) is 71.8 Å². The Balaban J connectivity index is 2.02. The van der Waals surface area contributed by atoms with Gasteiger partial charge in [-0.05, 0) is 42.8 Å². The number of anilines is 1. The minimum absolute atomic E-state index is 0.00206. The fourth-order valence-electron chi connectivity index (χ4n) is 3.63. The minimum atomic E-state index is -4.21. The monoisotopic (exact) mass is 467 g/mol. The number of benzene rings is 1. The molecule has 0 amide bonds. The molecule has 0 aliphatic heterocycles. The van der Waals surface area contributed by atoms with Crippen LogP contribution in [0.25, 0.3) is 11.0 Å². The molecule has 0 atom stereocenters. The summed E-state index contributed by atoms with van der Waals surface area (Å²) in [5, 5.41) is 14.6. The third-order valence-electron chi connectivity index (χ3n) is 5.18. The average molecular weight is 468 g/mol. The molecule has 4 aromatic rings. The summed E-state index contributed by atoms with van der Waals surface area (Å²) < 4.78 is 35.5. The van der Waals surface area contributed by atoms with E-state index >= 15 is 0 Å². The molecule has 4 rings (SSSR count). The maximum absolute atomic E-state index is 13.9.